The molecule has 0 radical (unpaired) electrons. The number of nitrogens with zero attached hydrogens (tertiary/aromatic N) is 2. The third-order valence-electron chi connectivity index (χ3n) is 5.22. The Labute approximate surface area is 176 Å². The summed E-state index contributed by atoms with van der Waals surface area (Å²) in [7, 11) is 0. The zero-order valence-corrected chi connectivity index (χ0v) is 17.0. The standard InChI is InChI=1S/C24H24ClN3O/c25-21-11-5-7-13-23(21)28-16-14-27(15-17-28)18-24(29)26-22-12-6-4-10-20(22)19-8-2-1-3-9-19/h1-13H,14-18H2,(H,26,29). The lowest BCUT2D eigenvalue weighted by Gasteiger charge is -2.36. The summed E-state index contributed by atoms with van der Waals surface area (Å²) in [5.41, 5.74) is 4.04. The molecule has 1 fully saturated rings. The molecule has 0 unspecified atom stereocenters. The molecule has 0 saturated carbocycles. The molecule has 1 saturated heterocycles. The van der Waals surface area contributed by atoms with E-state index >= 15 is 0 Å². The molecule has 0 aliphatic carbocycles. The van der Waals surface area contributed by atoms with Crippen molar-refractivity contribution in [2.24, 2.45) is 0 Å². The number of halogens is 1. The lowest BCUT2D eigenvalue weighted by atomic mass is 10.0. The number of piperazine rings is 1. The maximum Gasteiger partial charge on any atom is 0.238 e. The molecule has 0 atom stereocenters. The number of hydrogen-bond acceptors (Lipinski definition) is 3. The maximum absolute atomic E-state index is 12.7. The fourth-order valence-electron chi connectivity index (χ4n) is 3.71. The fourth-order valence-corrected chi connectivity index (χ4v) is 3.96. The molecule has 0 spiro atoms. The van der Waals surface area contributed by atoms with Crippen LogP contribution >= 0.6 is 11.6 Å². The number of nitrogens with one attached hydrogen (secondary N) is 1. The van der Waals surface area contributed by atoms with Crippen LogP contribution in [0.25, 0.3) is 11.1 Å². The summed E-state index contributed by atoms with van der Waals surface area (Å²) < 4.78 is 0. The van der Waals surface area contributed by atoms with E-state index in [4.69, 9.17) is 11.6 Å². The van der Waals surface area contributed by atoms with E-state index in [1.165, 1.54) is 0 Å². The van der Waals surface area contributed by atoms with Crippen molar-refractivity contribution in [3.05, 3.63) is 83.9 Å². The van der Waals surface area contributed by atoms with Gasteiger partial charge in [-0.05, 0) is 23.8 Å². The first kappa shape index (κ1) is 19.5. The van der Waals surface area contributed by atoms with Gasteiger partial charge in [-0.3, -0.25) is 9.69 Å². The van der Waals surface area contributed by atoms with Crippen molar-refractivity contribution in [3.63, 3.8) is 0 Å². The summed E-state index contributed by atoms with van der Waals surface area (Å²) in [6, 6.07) is 26.0. The number of carbonyl (C=O) groups is 1. The number of anilines is 2. The predicted molar refractivity (Wildman–Crippen MR) is 121 cm³/mol. The Morgan fingerprint density at radius 3 is 2.24 bits per heavy atom. The van der Waals surface area contributed by atoms with Crippen LogP contribution in [0.15, 0.2) is 78.9 Å². The SMILES string of the molecule is O=C(CN1CCN(c2ccccc2Cl)CC1)Nc1ccccc1-c1ccccc1. The van der Waals surface area contributed by atoms with Gasteiger partial charge < -0.3 is 10.2 Å². The molecule has 0 bridgehead atoms. The Bertz CT molecular complexity index is 969. The molecule has 1 aliphatic heterocycles. The highest BCUT2D eigenvalue weighted by Gasteiger charge is 2.20. The Hall–Kier alpha value is -2.82. The van der Waals surface area contributed by atoms with Crippen molar-refractivity contribution in [2.45, 2.75) is 0 Å². The van der Waals surface area contributed by atoms with Crippen LogP contribution in [-0.2, 0) is 4.79 Å². The van der Waals surface area contributed by atoms with Gasteiger partial charge in [-0.15, -0.1) is 0 Å². The summed E-state index contributed by atoms with van der Waals surface area (Å²) in [5, 5.41) is 3.87. The van der Waals surface area contributed by atoms with E-state index in [-0.39, 0.29) is 5.91 Å². The first-order valence-electron chi connectivity index (χ1n) is 9.87. The van der Waals surface area contributed by atoms with Crippen molar-refractivity contribution < 1.29 is 4.79 Å². The largest absolute Gasteiger partial charge is 0.368 e. The molecule has 29 heavy (non-hydrogen) atoms. The second kappa shape index (κ2) is 9.12. The Balaban J connectivity index is 1.35. The van der Waals surface area contributed by atoms with Crippen molar-refractivity contribution in [1.82, 2.24) is 4.90 Å². The van der Waals surface area contributed by atoms with E-state index in [2.05, 4.69) is 27.2 Å². The smallest absolute Gasteiger partial charge is 0.238 e. The van der Waals surface area contributed by atoms with Gasteiger partial charge in [0.1, 0.15) is 0 Å². The number of carbonyl (C=O) groups excluding carboxylic acids is 1. The van der Waals surface area contributed by atoms with E-state index in [0.29, 0.717) is 6.54 Å². The maximum atomic E-state index is 12.7. The molecule has 1 aliphatic rings. The molecule has 3 aromatic carbocycles. The fraction of sp³-hybridized carbons (Fsp3) is 0.208. The molecule has 3 aromatic rings. The monoisotopic (exact) mass is 405 g/mol. The van der Waals surface area contributed by atoms with E-state index in [1.54, 1.807) is 0 Å². The molecular formula is C24H24ClN3O. The van der Waals surface area contributed by atoms with Crippen molar-refractivity contribution >= 4 is 28.9 Å². The van der Waals surface area contributed by atoms with E-state index < -0.39 is 0 Å². The van der Waals surface area contributed by atoms with Crippen molar-refractivity contribution in [1.29, 1.82) is 0 Å². The average molecular weight is 406 g/mol. The van der Waals surface area contributed by atoms with Gasteiger partial charge in [0.05, 0.1) is 17.3 Å². The van der Waals surface area contributed by atoms with Crippen LogP contribution in [0.1, 0.15) is 0 Å². The van der Waals surface area contributed by atoms with Gasteiger partial charge in [-0.2, -0.15) is 0 Å². The summed E-state index contributed by atoms with van der Waals surface area (Å²) in [6.07, 6.45) is 0. The average Bonchev–Trinajstić information content (AvgIpc) is 2.76. The molecule has 0 aromatic heterocycles. The van der Waals surface area contributed by atoms with Gasteiger partial charge in [-0.25, -0.2) is 0 Å². The second-order valence-electron chi connectivity index (χ2n) is 7.17. The third kappa shape index (κ3) is 4.78. The minimum absolute atomic E-state index is 0.0135. The van der Waals surface area contributed by atoms with Crippen LogP contribution in [0.4, 0.5) is 11.4 Å². The van der Waals surface area contributed by atoms with Crippen LogP contribution in [0.5, 0.6) is 0 Å². The van der Waals surface area contributed by atoms with Gasteiger partial charge >= 0.3 is 0 Å². The number of amides is 1. The minimum Gasteiger partial charge on any atom is -0.368 e. The minimum atomic E-state index is 0.0135. The zero-order valence-electron chi connectivity index (χ0n) is 16.2. The first-order valence-corrected chi connectivity index (χ1v) is 10.2. The Kier molecular flexibility index (Phi) is 6.13. The van der Waals surface area contributed by atoms with Crippen molar-refractivity contribution in [2.75, 3.05) is 42.9 Å². The number of para-hydroxylation sites is 2. The predicted octanol–water partition coefficient (Wildman–Crippen LogP) is 4.77. The highest BCUT2D eigenvalue weighted by Crippen LogP contribution is 2.28. The molecule has 5 heteroatoms. The van der Waals surface area contributed by atoms with Crippen LogP contribution in [-0.4, -0.2) is 43.5 Å². The van der Waals surface area contributed by atoms with Crippen LogP contribution in [0.3, 0.4) is 0 Å². The number of hydrogen-bond donors (Lipinski definition) is 1. The first-order chi connectivity index (χ1) is 14.2. The normalized spacial score (nSPS) is 14.6. The van der Waals surface area contributed by atoms with E-state index in [0.717, 1.165) is 53.7 Å². The van der Waals surface area contributed by atoms with Crippen LogP contribution in [0.2, 0.25) is 5.02 Å². The topological polar surface area (TPSA) is 35.6 Å². The third-order valence-corrected chi connectivity index (χ3v) is 5.54. The molecule has 4 nitrogen and oxygen atoms in total. The summed E-state index contributed by atoms with van der Waals surface area (Å²) in [4.78, 5) is 17.1. The Morgan fingerprint density at radius 2 is 1.48 bits per heavy atom. The number of rotatable bonds is 5. The molecule has 4 rings (SSSR count). The summed E-state index contributed by atoms with van der Waals surface area (Å²) >= 11 is 6.31. The second-order valence-corrected chi connectivity index (χ2v) is 7.58. The van der Waals surface area contributed by atoms with Gasteiger partial charge in [0.15, 0.2) is 0 Å². The summed E-state index contributed by atoms with van der Waals surface area (Å²) in [6.45, 7) is 3.77. The van der Waals surface area contributed by atoms with E-state index in [9.17, 15) is 4.79 Å². The van der Waals surface area contributed by atoms with Gasteiger partial charge in [0.2, 0.25) is 5.91 Å². The van der Waals surface area contributed by atoms with Crippen molar-refractivity contribution in [3.8, 4) is 11.1 Å². The molecule has 148 valence electrons. The lowest BCUT2D eigenvalue weighted by Crippen LogP contribution is -2.48. The Morgan fingerprint density at radius 1 is 0.828 bits per heavy atom. The van der Waals surface area contributed by atoms with Gasteiger partial charge in [0.25, 0.3) is 0 Å². The van der Waals surface area contributed by atoms with Gasteiger partial charge in [0, 0.05) is 37.4 Å². The molecule has 1 amide bonds. The highest BCUT2D eigenvalue weighted by atomic mass is 35.5. The molecular weight excluding hydrogens is 382 g/mol. The van der Waals surface area contributed by atoms with Crippen LogP contribution < -0.4 is 10.2 Å². The zero-order chi connectivity index (χ0) is 20.1. The quantitative estimate of drug-likeness (QED) is 0.664. The highest BCUT2D eigenvalue weighted by molar-refractivity contribution is 6.33. The molecule has 1 N–H and O–H groups in total. The summed E-state index contributed by atoms with van der Waals surface area (Å²) in [5.74, 6) is 0.0135. The van der Waals surface area contributed by atoms with Gasteiger partial charge in [-0.1, -0.05) is 72.3 Å². The number of benzene rings is 3. The van der Waals surface area contributed by atoms with Crippen LogP contribution in [0, 0.1) is 0 Å². The van der Waals surface area contributed by atoms with E-state index in [1.807, 2.05) is 66.7 Å². The lowest BCUT2D eigenvalue weighted by molar-refractivity contribution is -0.117. The molecule has 1 heterocycles.